The fourth-order valence-corrected chi connectivity index (χ4v) is 2.86. The minimum Gasteiger partial charge on any atom is -0.493 e. The van der Waals surface area contributed by atoms with Gasteiger partial charge in [0.05, 0.1) is 6.61 Å². The molecule has 0 spiro atoms. The van der Waals surface area contributed by atoms with Gasteiger partial charge in [-0.05, 0) is 17.4 Å². The van der Waals surface area contributed by atoms with Crippen LogP contribution in [0.2, 0.25) is 0 Å². The minimum atomic E-state index is -4.77. The molecule has 6 heteroatoms. The van der Waals surface area contributed by atoms with Crippen LogP contribution in [0.5, 0.6) is 5.75 Å². The number of nitrogens with two attached hydrogens (primary N) is 1. The third-order valence-electron chi connectivity index (χ3n) is 4.04. The van der Waals surface area contributed by atoms with E-state index in [4.69, 9.17) is 10.5 Å². The Bertz CT molecular complexity index is 528. The Morgan fingerprint density at radius 3 is 2.52 bits per heavy atom. The molecule has 1 aliphatic rings. The largest absolute Gasteiger partial charge is 0.493 e. The standard InChI is InChI=1S/C15H20F3NO2/c1-13(2,8-14(20,9-19)15(16,17)18)11-5-3-4-10-6-7-21-12(10)11/h3-5,20H,6-9,19H2,1-2H3/t14-/m0/s1. The van der Waals surface area contributed by atoms with E-state index in [0.29, 0.717) is 17.9 Å². The maximum absolute atomic E-state index is 13.1. The molecule has 1 aromatic carbocycles. The number of rotatable bonds is 4. The molecule has 0 saturated heterocycles. The lowest BCUT2D eigenvalue weighted by atomic mass is 9.74. The second kappa shape index (κ2) is 5.18. The van der Waals surface area contributed by atoms with Crippen LogP contribution in [0.4, 0.5) is 13.2 Å². The Morgan fingerprint density at radius 2 is 1.95 bits per heavy atom. The quantitative estimate of drug-likeness (QED) is 0.899. The summed E-state index contributed by atoms with van der Waals surface area (Å²) in [5.41, 5.74) is 3.03. The molecule has 1 aromatic rings. The highest BCUT2D eigenvalue weighted by molar-refractivity contribution is 5.47. The van der Waals surface area contributed by atoms with Crippen molar-refractivity contribution < 1.29 is 23.0 Å². The molecule has 0 radical (unpaired) electrons. The van der Waals surface area contributed by atoms with Crippen molar-refractivity contribution in [1.29, 1.82) is 0 Å². The first-order valence-electron chi connectivity index (χ1n) is 6.85. The van der Waals surface area contributed by atoms with Gasteiger partial charge in [0.15, 0.2) is 5.60 Å². The SMILES string of the molecule is CC(C)(C[C@](O)(CN)C(F)(F)F)c1cccc2c1OCC2. The summed E-state index contributed by atoms with van der Waals surface area (Å²) in [6, 6.07) is 5.46. The van der Waals surface area contributed by atoms with Crippen LogP contribution in [0.25, 0.3) is 0 Å². The Hall–Kier alpha value is -1.27. The van der Waals surface area contributed by atoms with E-state index in [9.17, 15) is 18.3 Å². The van der Waals surface area contributed by atoms with Crippen molar-refractivity contribution in [3.63, 3.8) is 0 Å². The van der Waals surface area contributed by atoms with E-state index in [1.807, 2.05) is 6.07 Å². The van der Waals surface area contributed by atoms with Crippen molar-refractivity contribution in [3.8, 4) is 5.75 Å². The second-order valence-electron chi connectivity index (χ2n) is 6.19. The van der Waals surface area contributed by atoms with Crippen molar-refractivity contribution in [1.82, 2.24) is 0 Å². The maximum Gasteiger partial charge on any atom is 0.418 e. The summed E-state index contributed by atoms with van der Waals surface area (Å²) in [6.45, 7) is 2.99. The van der Waals surface area contributed by atoms with Gasteiger partial charge in [0.1, 0.15) is 5.75 Å². The summed E-state index contributed by atoms with van der Waals surface area (Å²) < 4.78 is 44.7. The molecule has 0 amide bonds. The number of hydrogen-bond donors (Lipinski definition) is 2. The summed E-state index contributed by atoms with van der Waals surface area (Å²) in [7, 11) is 0. The molecule has 1 heterocycles. The van der Waals surface area contributed by atoms with Gasteiger partial charge in [0, 0.05) is 18.5 Å². The van der Waals surface area contributed by atoms with Gasteiger partial charge in [-0.3, -0.25) is 0 Å². The first-order valence-corrected chi connectivity index (χ1v) is 6.85. The molecule has 3 N–H and O–H groups in total. The van der Waals surface area contributed by atoms with Gasteiger partial charge in [0.25, 0.3) is 0 Å². The van der Waals surface area contributed by atoms with E-state index < -0.39 is 30.2 Å². The highest BCUT2D eigenvalue weighted by Crippen LogP contribution is 2.44. The molecule has 1 aliphatic heterocycles. The van der Waals surface area contributed by atoms with E-state index in [-0.39, 0.29) is 0 Å². The van der Waals surface area contributed by atoms with Crippen LogP contribution in [-0.2, 0) is 11.8 Å². The Labute approximate surface area is 121 Å². The molecule has 0 unspecified atom stereocenters. The lowest BCUT2D eigenvalue weighted by Gasteiger charge is -2.37. The fourth-order valence-electron chi connectivity index (χ4n) is 2.86. The smallest absolute Gasteiger partial charge is 0.418 e. The van der Waals surface area contributed by atoms with Crippen LogP contribution in [0.15, 0.2) is 18.2 Å². The molecular formula is C15H20F3NO2. The molecular weight excluding hydrogens is 283 g/mol. The number of para-hydroxylation sites is 1. The maximum atomic E-state index is 13.1. The Balaban J connectivity index is 2.37. The Morgan fingerprint density at radius 1 is 1.29 bits per heavy atom. The lowest BCUT2D eigenvalue weighted by molar-refractivity contribution is -0.262. The fraction of sp³-hybridized carbons (Fsp3) is 0.600. The molecule has 21 heavy (non-hydrogen) atoms. The summed E-state index contributed by atoms with van der Waals surface area (Å²) in [4.78, 5) is 0. The first kappa shape index (κ1) is 16.1. The normalized spacial score (nSPS) is 18.0. The zero-order chi connectivity index (χ0) is 15.9. The molecule has 118 valence electrons. The van der Waals surface area contributed by atoms with Crippen molar-refractivity contribution in [2.45, 2.75) is 43.9 Å². The van der Waals surface area contributed by atoms with E-state index >= 15 is 0 Å². The van der Waals surface area contributed by atoms with Crippen LogP contribution >= 0.6 is 0 Å². The van der Waals surface area contributed by atoms with Crippen molar-refractivity contribution in [2.24, 2.45) is 5.73 Å². The van der Waals surface area contributed by atoms with E-state index in [0.717, 1.165) is 12.0 Å². The zero-order valence-electron chi connectivity index (χ0n) is 12.1. The van der Waals surface area contributed by atoms with Crippen molar-refractivity contribution in [2.75, 3.05) is 13.2 Å². The molecule has 0 aromatic heterocycles. The van der Waals surface area contributed by atoms with Gasteiger partial charge >= 0.3 is 6.18 Å². The third-order valence-corrected chi connectivity index (χ3v) is 4.04. The van der Waals surface area contributed by atoms with Crippen LogP contribution in [-0.4, -0.2) is 30.0 Å². The zero-order valence-corrected chi connectivity index (χ0v) is 12.1. The van der Waals surface area contributed by atoms with Gasteiger partial charge in [0.2, 0.25) is 0 Å². The number of benzene rings is 1. The number of halogens is 3. The topological polar surface area (TPSA) is 55.5 Å². The average Bonchev–Trinajstić information content (AvgIpc) is 2.84. The summed E-state index contributed by atoms with van der Waals surface area (Å²) in [5.74, 6) is 0.643. The highest BCUT2D eigenvalue weighted by atomic mass is 19.4. The lowest BCUT2D eigenvalue weighted by Crippen LogP contribution is -2.54. The monoisotopic (exact) mass is 303 g/mol. The van der Waals surface area contributed by atoms with Gasteiger partial charge in [-0.25, -0.2) is 0 Å². The summed E-state index contributed by atoms with van der Waals surface area (Å²) in [5, 5.41) is 9.91. The molecule has 1 atom stereocenters. The van der Waals surface area contributed by atoms with E-state index in [1.54, 1.807) is 26.0 Å². The predicted octanol–water partition coefficient (Wildman–Crippen LogP) is 2.54. The average molecular weight is 303 g/mol. The van der Waals surface area contributed by atoms with E-state index in [1.165, 1.54) is 0 Å². The summed E-state index contributed by atoms with van der Waals surface area (Å²) >= 11 is 0. The highest BCUT2D eigenvalue weighted by Gasteiger charge is 2.55. The van der Waals surface area contributed by atoms with Crippen LogP contribution in [0.1, 0.15) is 31.4 Å². The molecule has 0 bridgehead atoms. The first-order chi connectivity index (χ1) is 9.61. The molecule has 0 fully saturated rings. The van der Waals surface area contributed by atoms with E-state index in [2.05, 4.69) is 0 Å². The minimum absolute atomic E-state index is 0.514. The number of aliphatic hydroxyl groups is 1. The van der Waals surface area contributed by atoms with Crippen LogP contribution < -0.4 is 10.5 Å². The van der Waals surface area contributed by atoms with Gasteiger partial charge in [-0.15, -0.1) is 0 Å². The van der Waals surface area contributed by atoms with Crippen molar-refractivity contribution >= 4 is 0 Å². The second-order valence-corrected chi connectivity index (χ2v) is 6.19. The molecule has 2 rings (SSSR count). The number of fused-ring (bicyclic) bond motifs is 1. The summed E-state index contributed by atoms with van der Waals surface area (Å²) in [6.07, 6.45) is -4.53. The van der Waals surface area contributed by atoms with Crippen LogP contribution in [0, 0.1) is 0 Å². The number of hydrogen-bond acceptors (Lipinski definition) is 3. The van der Waals surface area contributed by atoms with Crippen LogP contribution in [0.3, 0.4) is 0 Å². The molecule has 0 saturated carbocycles. The number of ether oxygens (including phenoxy) is 1. The Kier molecular flexibility index (Phi) is 3.97. The third kappa shape index (κ3) is 2.87. The van der Waals surface area contributed by atoms with Crippen molar-refractivity contribution in [3.05, 3.63) is 29.3 Å². The van der Waals surface area contributed by atoms with Gasteiger partial charge in [-0.1, -0.05) is 32.0 Å². The molecule has 0 aliphatic carbocycles. The predicted molar refractivity (Wildman–Crippen MR) is 73.3 cm³/mol. The number of alkyl halides is 3. The molecule has 3 nitrogen and oxygen atoms in total. The van der Waals surface area contributed by atoms with Gasteiger partial charge < -0.3 is 15.6 Å². The van der Waals surface area contributed by atoms with Gasteiger partial charge in [-0.2, -0.15) is 13.2 Å².